The van der Waals surface area contributed by atoms with Gasteiger partial charge in [-0.2, -0.15) is 0 Å². The molecule has 4 aliphatic rings. The van der Waals surface area contributed by atoms with Crippen molar-refractivity contribution >= 4 is 5.91 Å². The average Bonchev–Trinajstić information content (AvgIpc) is 2.67. The molecule has 2 N–H and O–H groups in total. The zero-order chi connectivity index (χ0) is 17.9. The van der Waals surface area contributed by atoms with Crippen LogP contribution in [0, 0.1) is 0 Å². The van der Waals surface area contributed by atoms with Crippen LogP contribution in [0.15, 0.2) is 24.3 Å². The van der Waals surface area contributed by atoms with E-state index < -0.39 is 0 Å². The summed E-state index contributed by atoms with van der Waals surface area (Å²) < 4.78 is 12.3. The number of hydrogen-bond acceptors (Lipinski definition) is 4. The Morgan fingerprint density at radius 3 is 2.73 bits per heavy atom. The number of para-hydroxylation sites is 1. The number of hydrogen-bond donors (Lipinski definition) is 1. The van der Waals surface area contributed by atoms with Crippen molar-refractivity contribution in [2.24, 2.45) is 5.73 Å². The Bertz CT molecular complexity index is 627. The molecule has 1 saturated heterocycles. The summed E-state index contributed by atoms with van der Waals surface area (Å²) in [5, 5.41) is 0. The van der Waals surface area contributed by atoms with Crippen LogP contribution in [0.3, 0.4) is 0 Å². The molecule has 2 bridgehead atoms. The zero-order valence-electron chi connectivity index (χ0n) is 15.4. The summed E-state index contributed by atoms with van der Waals surface area (Å²) in [5.74, 6) is 1.60. The van der Waals surface area contributed by atoms with Crippen molar-refractivity contribution in [3.63, 3.8) is 0 Å². The highest BCUT2D eigenvalue weighted by atomic mass is 16.5. The van der Waals surface area contributed by atoms with Gasteiger partial charge in [-0.25, -0.2) is 0 Å². The number of rotatable bonds is 0. The highest BCUT2D eigenvalue weighted by Crippen LogP contribution is 2.38. The van der Waals surface area contributed by atoms with E-state index in [0.29, 0.717) is 25.6 Å². The molecule has 1 saturated carbocycles. The second kappa shape index (κ2) is 7.97. The second-order valence-electron chi connectivity index (χ2n) is 7.90. The van der Waals surface area contributed by atoms with Crippen molar-refractivity contribution < 1.29 is 14.3 Å². The van der Waals surface area contributed by atoms with Crippen molar-refractivity contribution in [1.82, 2.24) is 4.90 Å². The molecule has 5 nitrogen and oxygen atoms in total. The SMILES string of the molecule is NC1CCCN2C(=O)CCOc3ccccc3[C@H]3CC[C@H](CC3)OCC12. The van der Waals surface area contributed by atoms with Crippen LogP contribution in [0.5, 0.6) is 5.75 Å². The van der Waals surface area contributed by atoms with Gasteiger partial charge in [0.05, 0.1) is 31.8 Å². The molecule has 1 aromatic carbocycles. The topological polar surface area (TPSA) is 64.8 Å². The highest BCUT2D eigenvalue weighted by Gasteiger charge is 2.34. The molecule has 3 aliphatic heterocycles. The molecule has 3 heterocycles. The molecule has 142 valence electrons. The fourth-order valence-electron chi connectivity index (χ4n) is 4.73. The van der Waals surface area contributed by atoms with Gasteiger partial charge in [0.1, 0.15) is 5.75 Å². The number of nitrogens with two attached hydrogens (primary N) is 1. The lowest BCUT2D eigenvalue weighted by atomic mass is 9.82. The van der Waals surface area contributed by atoms with Gasteiger partial charge >= 0.3 is 0 Å². The van der Waals surface area contributed by atoms with E-state index >= 15 is 0 Å². The first-order chi connectivity index (χ1) is 12.7. The molecule has 2 unspecified atom stereocenters. The Morgan fingerprint density at radius 1 is 1.08 bits per heavy atom. The van der Waals surface area contributed by atoms with Crippen molar-refractivity contribution in [1.29, 1.82) is 0 Å². The van der Waals surface area contributed by atoms with Crippen molar-refractivity contribution in [2.45, 2.75) is 69.1 Å². The predicted molar refractivity (Wildman–Crippen MR) is 100 cm³/mol. The fourth-order valence-corrected chi connectivity index (χ4v) is 4.73. The largest absolute Gasteiger partial charge is 0.493 e. The minimum atomic E-state index is 0.00389. The zero-order valence-corrected chi connectivity index (χ0v) is 15.4. The standard InChI is InChI=1S/C21H30N2O3/c22-18-5-3-12-23-19(18)14-26-16-9-7-15(8-10-16)17-4-1-2-6-20(17)25-13-11-21(23)24/h1-2,4,6,15-16,18-19H,3,5,7-14,22H2/t15-,16+,18?,19?. The van der Waals surface area contributed by atoms with E-state index in [9.17, 15) is 4.79 Å². The lowest BCUT2D eigenvalue weighted by Gasteiger charge is -2.41. The molecular weight excluding hydrogens is 328 g/mol. The number of ether oxygens (including phenoxy) is 2. The van der Waals surface area contributed by atoms with Gasteiger partial charge in [-0.1, -0.05) is 18.2 Å². The molecule has 0 radical (unpaired) electrons. The summed E-state index contributed by atoms with van der Waals surface area (Å²) in [6.07, 6.45) is 7.00. The molecule has 1 amide bonds. The first-order valence-electron chi connectivity index (χ1n) is 10.1. The second-order valence-corrected chi connectivity index (χ2v) is 7.90. The minimum Gasteiger partial charge on any atom is -0.493 e. The molecule has 0 aromatic heterocycles. The van der Waals surface area contributed by atoms with Crippen LogP contribution < -0.4 is 10.5 Å². The maximum Gasteiger partial charge on any atom is 0.226 e. The Kier molecular flexibility index (Phi) is 5.46. The third-order valence-electron chi connectivity index (χ3n) is 6.26. The summed E-state index contributed by atoms with van der Waals surface area (Å²) in [6.45, 7) is 1.77. The van der Waals surface area contributed by atoms with Gasteiger partial charge < -0.3 is 20.1 Å². The summed E-state index contributed by atoms with van der Waals surface area (Å²) in [4.78, 5) is 14.7. The Morgan fingerprint density at radius 2 is 1.88 bits per heavy atom. The maximum atomic E-state index is 12.8. The number of carbonyl (C=O) groups is 1. The number of fused-ring (bicyclic) bond motifs is 6. The lowest BCUT2D eigenvalue weighted by molar-refractivity contribution is -0.138. The predicted octanol–water partition coefficient (Wildman–Crippen LogP) is 2.83. The van der Waals surface area contributed by atoms with E-state index in [-0.39, 0.29) is 24.1 Å². The van der Waals surface area contributed by atoms with Crippen molar-refractivity contribution in [2.75, 3.05) is 19.8 Å². The summed E-state index contributed by atoms with van der Waals surface area (Å²) in [6, 6.07) is 8.32. The molecule has 1 aliphatic carbocycles. The molecule has 0 spiro atoms. The van der Waals surface area contributed by atoms with Crippen LogP contribution in [0.1, 0.15) is 56.4 Å². The smallest absolute Gasteiger partial charge is 0.226 e. The van der Waals surface area contributed by atoms with E-state index in [2.05, 4.69) is 12.1 Å². The molecule has 5 heteroatoms. The fraction of sp³-hybridized carbons (Fsp3) is 0.667. The van der Waals surface area contributed by atoms with E-state index in [1.54, 1.807) is 0 Å². The van der Waals surface area contributed by atoms with E-state index in [0.717, 1.165) is 50.8 Å². The first-order valence-corrected chi connectivity index (χ1v) is 10.1. The summed E-state index contributed by atoms with van der Waals surface area (Å²) >= 11 is 0. The van der Waals surface area contributed by atoms with Crippen LogP contribution in [-0.2, 0) is 9.53 Å². The highest BCUT2D eigenvalue weighted by molar-refractivity contribution is 5.77. The van der Waals surface area contributed by atoms with Gasteiger partial charge in [0, 0.05) is 12.6 Å². The van der Waals surface area contributed by atoms with Crippen molar-refractivity contribution in [3.05, 3.63) is 29.8 Å². The number of piperidine rings is 1. The van der Waals surface area contributed by atoms with Crippen LogP contribution in [0.25, 0.3) is 0 Å². The molecular formula is C21H30N2O3. The third kappa shape index (κ3) is 3.74. The van der Waals surface area contributed by atoms with Gasteiger partial charge in [0.2, 0.25) is 5.91 Å². The Labute approximate surface area is 155 Å². The first kappa shape index (κ1) is 17.8. The number of amides is 1. The molecule has 1 aromatic rings. The van der Waals surface area contributed by atoms with Gasteiger partial charge in [-0.05, 0) is 56.1 Å². The van der Waals surface area contributed by atoms with E-state index in [1.807, 2.05) is 17.0 Å². The molecule has 2 atom stereocenters. The van der Waals surface area contributed by atoms with Crippen LogP contribution in [-0.4, -0.2) is 48.8 Å². The number of nitrogens with zero attached hydrogens (tertiary/aromatic N) is 1. The van der Waals surface area contributed by atoms with Crippen LogP contribution in [0.4, 0.5) is 0 Å². The molecule has 2 fully saturated rings. The van der Waals surface area contributed by atoms with Gasteiger partial charge in [-0.15, -0.1) is 0 Å². The Balaban J connectivity index is 1.56. The Hall–Kier alpha value is -1.59. The van der Waals surface area contributed by atoms with Crippen LogP contribution in [0.2, 0.25) is 0 Å². The quantitative estimate of drug-likeness (QED) is 0.774. The summed E-state index contributed by atoms with van der Waals surface area (Å²) in [5.41, 5.74) is 7.63. The molecule has 5 rings (SSSR count). The maximum absolute atomic E-state index is 12.8. The molecule has 26 heavy (non-hydrogen) atoms. The van der Waals surface area contributed by atoms with E-state index in [4.69, 9.17) is 15.2 Å². The van der Waals surface area contributed by atoms with Gasteiger partial charge in [0.15, 0.2) is 0 Å². The number of carbonyl (C=O) groups excluding carboxylic acids is 1. The lowest BCUT2D eigenvalue weighted by Crippen LogP contribution is -2.56. The van der Waals surface area contributed by atoms with Gasteiger partial charge in [0.25, 0.3) is 0 Å². The third-order valence-corrected chi connectivity index (χ3v) is 6.26. The average molecular weight is 358 g/mol. The minimum absolute atomic E-state index is 0.00389. The number of benzene rings is 1. The van der Waals surface area contributed by atoms with Crippen molar-refractivity contribution in [3.8, 4) is 5.75 Å². The summed E-state index contributed by atoms with van der Waals surface area (Å²) in [7, 11) is 0. The monoisotopic (exact) mass is 358 g/mol. The van der Waals surface area contributed by atoms with E-state index in [1.165, 1.54) is 5.56 Å². The van der Waals surface area contributed by atoms with Gasteiger partial charge in [-0.3, -0.25) is 4.79 Å². The normalized spacial score (nSPS) is 33.0. The van der Waals surface area contributed by atoms with Crippen LogP contribution >= 0.6 is 0 Å².